The number of rotatable bonds is 5. The van der Waals surface area contributed by atoms with Crippen LogP contribution in [0.5, 0.6) is 5.88 Å². The van der Waals surface area contributed by atoms with Crippen LogP contribution in [0.3, 0.4) is 0 Å². The predicted molar refractivity (Wildman–Crippen MR) is 90.5 cm³/mol. The summed E-state index contributed by atoms with van der Waals surface area (Å²) in [7, 11) is 0. The lowest BCUT2D eigenvalue weighted by atomic mass is 10.2. The Morgan fingerprint density at radius 1 is 1.26 bits per heavy atom. The summed E-state index contributed by atoms with van der Waals surface area (Å²) in [6.07, 6.45) is 3.09. The first kappa shape index (κ1) is 17.4. The van der Waals surface area contributed by atoms with Gasteiger partial charge in [-0.3, -0.25) is 0 Å². The molecule has 0 unspecified atom stereocenters. The minimum absolute atomic E-state index is 0.112. The van der Waals surface area contributed by atoms with Crippen LogP contribution in [0.4, 0.5) is 4.39 Å². The third-order valence-electron chi connectivity index (χ3n) is 2.91. The Bertz CT molecular complexity index is 669. The molecule has 0 aliphatic rings. The van der Waals surface area contributed by atoms with Crippen LogP contribution in [-0.4, -0.2) is 20.5 Å². The summed E-state index contributed by atoms with van der Waals surface area (Å²) < 4.78 is 34.4. The molecule has 0 bridgehead atoms. The molecule has 2 aromatic rings. The Kier molecular flexibility index (Phi) is 5.74. The normalized spacial score (nSPS) is 13.3. The van der Waals surface area contributed by atoms with Crippen LogP contribution in [0.2, 0.25) is 0 Å². The summed E-state index contributed by atoms with van der Waals surface area (Å²) in [4.78, 5) is 4.13. The Labute approximate surface area is 138 Å². The highest BCUT2D eigenvalue weighted by atomic mass is 32.2. The number of aromatic nitrogens is 1. The van der Waals surface area contributed by atoms with Crippen molar-refractivity contribution in [2.45, 2.75) is 32.1 Å². The third-order valence-corrected chi connectivity index (χ3v) is 4.26. The van der Waals surface area contributed by atoms with Gasteiger partial charge in [0.25, 0.3) is 0 Å². The lowest BCUT2D eigenvalue weighted by Crippen LogP contribution is -2.25. The van der Waals surface area contributed by atoms with Gasteiger partial charge in [0.2, 0.25) is 5.88 Å². The van der Waals surface area contributed by atoms with Crippen LogP contribution >= 0.6 is 0 Å². The highest BCUT2D eigenvalue weighted by molar-refractivity contribution is 7.91. The van der Waals surface area contributed by atoms with Crippen molar-refractivity contribution in [3.8, 4) is 5.88 Å². The van der Waals surface area contributed by atoms with Crippen molar-refractivity contribution < 1.29 is 13.7 Å². The van der Waals surface area contributed by atoms with E-state index >= 15 is 0 Å². The average Bonchev–Trinajstić information content (AvgIpc) is 2.52. The zero-order chi connectivity index (χ0) is 16.9. The summed E-state index contributed by atoms with van der Waals surface area (Å²) in [5.74, 6) is 0.0864. The third kappa shape index (κ3) is 5.33. The topological polar surface area (TPSA) is 57.5 Å². The molecule has 0 N–H and O–H groups in total. The van der Waals surface area contributed by atoms with Crippen LogP contribution in [0.25, 0.3) is 0 Å². The minimum atomic E-state index is -1.31. The zero-order valence-electron chi connectivity index (χ0n) is 13.3. The second kappa shape index (κ2) is 7.57. The monoisotopic (exact) mass is 334 g/mol. The van der Waals surface area contributed by atoms with E-state index in [9.17, 15) is 8.94 Å². The van der Waals surface area contributed by atoms with E-state index in [1.807, 2.05) is 20.8 Å². The van der Waals surface area contributed by atoms with Crippen molar-refractivity contribution in [3.63, 3.8) is 0 Å². The van der Waals surface area contributed by atoms with Crippen LogP contribution in [0.15, 0.2) is 47.0 Å². The van der Waals surface area contributed by atoms with E-state index in [0.717, 1.165) is 5.56 Å². The maximum atomic E-state index is 13.5. The van der Waals surface area contributed by atoms with Gasteiger partial charge in [0, 0.05) is 23.4 Å². The molecule has 122 valence electrons. The fraction of sp³-hybridized carbons (Fsp3) is 0.294. The Balaban J connectivity index is 1.95. The highest BCUT2D eigenvalue weighted by Gasteiger charge is 2.25. The molecule has 6 heteroatoms. The molecule has 0 aliphatic heterocycles. The fourth-order valence-electron chi connectivity index (χ4n) is 1.59. The Morgan fingerprint density at radius 3 is 2.61 bits per heavy atom. The number of ether oxygens (including phenoxy) is 1. The Morgan fingerprint density at radius 2 is 2.00 bits per heavy atom. The SMILES string of the molecule is CC(C)(C)[S@@+]([O-])/N=C/c1ccc(OCc2ccccc2F)nc1. The van der Waals surface area contributed by atoms with Crippen molar-refractivity contribution in [3.05, 3.63) is 59.5 Å². The number of nitrogens with zero attached hydrogens (tertiary/aromatic N) is 2. The molecule has 0 aliphatic carbocycles. The first-order valence-corrected chi connectivity index (χ1v) is 8.25. The minimum Gasteiger partial charge on any atom is -0.591 e. The van der Waals surface area contributed by atoms with Crippen LogP contribution in [0.1, 0.15) is 31.9 Å². The van der Waals surface area contributed by atoms with Gasteiger partial charge in [0.15, 0.2) is 0 Å². The predicted octanol–water partition coefficient (Wildman–Crippen LogP) is 3.68. The number of benzene rings is 1. The quantitative estimate of drug-likeness (QED) is 0.619. The van der Waals surface area contributed by atoms with Gasteiger partial charge >= 0.3 is 0 Å². The summed E-state index contributed by atoms with van der Waals surface area (Å²) >= 11 is -1.31. The van der Waals surface area contributed by atoms with E-state index in [-0.39, 0.29) is 12.4 Å². The fourth-order valence-corrected chi connectivity index (χ4v) is 2.12. The van der Waals surface area contributed by atoms with Crippen molar-refractivity contribution >= 4 is 17.6 Å². The first-order chi connectivity index (χ1) is 10.9. The molecule has 0 radical (unpaired) electrons. The summed E-state index contributed by atoms with van der Waals surface area (Å²) in [6.45, 7) is 5.69. The van der Waals surface area contributed by atoms with Gasteiger partial charge in [-0.15, -0.1) is 0 Å². The average molecular weight is 334 g/mol. The van der Waals surface area contributed by atoms with E-state index in [0.29, 0.717) is 11.4 Å². The number of hydrogen-bond acceptors (Lipinski definition) is 4. The smallest absolute Gasteiger partial charge is 0.213 e. The maximum absolute atomic E-state index is 13.5. The second-order valence-electron chi connectivity index (χ2n) is 5.91. The van der Waals surface area contributed by atoms with Crippen molar-refractivity contribution in [2.24, 2.45) is 4.40 Å². The molecule has 23 heavy (non-hydrogen) atoms. The number of hydrogen-bond donors (Lipinski definition) is 0. The summed E-state index contributed by atoms with van der Waals surface area (Å²) in [6, 6.07) is 9.87. The Hall–Kier alpha value is -1.92. The lowest BCUT2D eigenvalue weighted by molar-refractivity contribution is 0.288. The molecular weight excluding hydrogens is 315 g/mol. The van der Waals surface area contributed by atoms with Gasteiger partial charge in [-0.1, -0.05) is 22.6 Å². The van der Waals surface area contributed by atoms with Crippen molar-refractivity contribution in [1.82, 2.24) is 4.98 Å². The molecule has 1 heterocycles. The number of halogens is 1. The molecule has 1 aromatic carbocycles. The van der Waals surface area contributed by atoms with Crippen LogP contribution in [0, 0.1) is 5.82 Å². The maximum Gasteiger partial charge on any atom is 0.213 e. The van der Waals surface area contributed by atoms with E-state index in [1.54, 1.807) is 36.5 Å². The zero-order valence-corrected chi connectivity index (χ0v) is 14.1. The largest absolute Gasteiger partial charge is 0.591 e. The molecule has 0 fully saturated rings. The molecular formula is C17H19FN2O2S. The molecule has 1 aromatic heterocycles. The molecule has 0 amide bonds. The lowest BCUT2D eigenvalue weighted by Gasteiger charge is -2.17. The number of pyridine rings is 1. The van der Waals surface area contributed by atoms with Gasteiger partial charge in [0.05, 0.1) is 6.21 Å². The molecule has 0 spiro atoms. The summed E-state index contributed by atoms with van der Waals surface area (Å²) in [5, 5.41) is 0. The van der Waals surface area contributed by atoms with Crippen molar-refractivity contribution in [1.29, 1.82) is 0 Å². The van der Waals surface area contributed by atoms with E-state index in [4.69, 9.17) is 4.74 Å². The van der Waals surface area contributed by atoms with Crippen LogP contribution < -0.4 is 4.74 Å². The van der Waals surface area contributed by atoms with Gasteiger partial charge in [-0.25, -0.2) is 9.37 Å². The van der Waals surface area contributed by atoms with Crippen LogP contribution in [-0.2, 0) is 18.0 Å². The van der Waals surface area contributed by atoms with Gasteiger partial charge in [-0.2, -0.15) is 0 Å². The molecule has 4 nitrogen and oxygen atoms in total. The van der Waals surface area contributed by atoms with E-state index in [1.165, 1.54) is 12.3 Å². The standard InChI is InChI=1S/C17H19FN2O2S/c1-17(2,3)23(21)20-11-13-8-9-16(19-10-13)22-12-14-6-4-5-7-15(14)18/h4-11H,12H2,1-3H3/b20-11+/t23-/m1/s1. The first-order valence-electron chi connectivity index (χ1n) is 7.14. The van der Waals surface area contributed by atoms with Gasteiger partial charge < -0.3 is 9.29 Å². The second-order valence-corrected chi connectivity index (χ2v) is 7.84. The van der Waals surface area contributed by atoms with Crippen molar-refractivity contribution in [2.75, 3.05) is 0 Å². The molecule has 2 rings (SSSR count). The molecule has 1 atom stereocenters. The van der Waals surface area contributed by atoms with Gasteiger partial charge in [0.1, 0.15) is 28.5 Å². The van der Waals surface area contributed by atoms with Gasteiger partial charge in [-0.05, 0) is 32.9 Å². The molecule has 0 saturated heterocycles. The van der Waals surface area contributed by atoms with E-state index < -0.39 is 16.1 Å². The summed E-state index contributed by atoms with van der Waals surface area (Å²) in [5.41, 5.74) is 1.20. The highest BCUT2D eigenvalue weighted by Crippen LogP contribution is 2.17. The molecule has 0 saturated carbocycles. The van der Waals surface area contributed by atoms with E-state index in [2.05, 4.69) is 9.38 Å².